The fraction of sp³-hybridized carbons (Fsp3) is 0.278. The van der Waals surface area contributed by atoms with Gasteiger partial charge in [0, 0.05) is 25.5 Å². The molecule has 0 unspecified atom stereocenters. The van der Waals surface area contributed by atoms with Crippen LogP contribution in [0.15, 0.2) is 39.4 Å². The molecule has 0 aliphatic rings. The van der Waals surface area contributed by atoms with Crippen LogP contribution in [0.5, 0.6) is 0 Å². The monoisotopic (exact) mass is 453 g/mol. The number of thiophene rings is 1. The molecule has 0 atom stereocenters. The smallest absolute Gasteiger partial charge is 0.234 e. The number of thioether (sulfide) groups is 2. The van der Waals surface area contributed by atoms with Crippen molar-refractivity contribution in [2.24, 2.45) is 0 Å². The summed E-state index contributed by atoms with van der Waals surface area (Å²) < 4.78 is 2.85. The molecule has 3 rings (SSSR count). The largest absolute Gasteiger partial charge is 0.364 e. The fourth-order valence-electron chi connectivity index (χ4n) is 2.19. The van der Waals surface area contributed by atoms with Gasteiger partial charge in [-0.2, -0.15) is 11.3 Å². The molecule has 1 aromatic carbocycles. The van der Waals surface area contributed by atoms with E-state index >= 15 is 0 Å². The second-order valence-corrected chi connectivity index (χ2v) is 10.7. The summed E-state index contributed by atoms with van der Waals surface area (Å²) in [7, 11) is 3.75. The van der Waals surface area contributed by atoms with Crippen molar-refractivity contribution < 1.29 is 4.79 Å². The number of nitrogens with one attached hydrogen (secondary N) is 1. The van der Waals surface area contributed by atoms with Crippen LogP contribution in [0, 0.1) is 0 Å². The van der Waals surface area contributed by atoms with E-state index in [0.717, 1.165) is 32.4 Å². The summed E-state index contributed by atoms with van der Waals surface area (Å²) in [5.74, 6) is 1.27. The molecule has 0 saturated carbocycles. The van der Waals surface area contributed by atoms with Crippen LogP contribution in [0.3, 0.4) is 0 Å². The van der Waals surface area contributed by atoms with Crippen LogP contribution < -0.4 is 5.32 Å². The van der Waals surface area contributed by atoms with Crippen LogP contribution >= 0.6 is 58.4 Å². The van der Waals surface area contributed by atoms with Crippen LogP contribution in [-0.2, 0) is 11.2 Å². The van der Waals surface area contributed by atoms with E-state index < -0.39 is 0 Å². The quantitative estimate of drug-likeness (QED) is 0.391. The van der Waals surface area contributed by atoms with E-state index in [0.29, 0.717) is 10.1 Å². The van der Waals surface area contributed by atoms with E-state index in [1.807, 2.05) is 37.2 Å². The summed E-state index contributed by atoms with van der Waals surface area (Å²) in [4.78, 5) is 18.6. The standard InChI is InChI=1S/C18H19N3OS5/c1-21(2)18(23)26-11-16(22)19-13-3-4-14-15(9-13)27-17(20-14)25-8-6-12-5-7-24-10-12/h3-5,7,9-10H,6,8,11H2,1-2H3,(H,19,22). The van der Waals surface area contributed by atoms with Gasteiger partial charge in [0.1, 0.15) is 4.32 Å². The van der Waals surface area contributed by atoms with E-state index in [-0.39, 0.29) is 5.91 Å². The molecular formula is C18H19N3OS5. The summed E-state index contributed by atoms with van der Waals surface area (Å²) in [6.45, 7) is 0. The first-order chi connectivity index (χ1) is 13.0. The van der Waals surface area contributed by atoms with Gasteiger partial charge in [-0.15, -0.1) is 11.3 Å². The Bertz CT molecular complexity index is 920. The van der Waals surface area contributed by atoms with Gasteiger partial charge in [-0.05, 0) is 47.0 Å². The van der Waals surface area contributed by atoms with Gasteiger partial charge in [-0.25, -0.2) is 4.98 Å². The minimum atomic E-state index is -0.0570. The summed E-state index contributed by atoms with van der Waals surface area (Å²) >= 11 is 11.7. The Labute approximate surface area is 180 Å². The zero-order chi connectivity index (χ0) is 19.2. The molecule has 0 aliphatic carbocycles. The number of rotatable bonds is 7. The Kier molecular flexibility index (Phi) is 7.54. The molecule has 1 amide bonds. The Morgan fingerprint density at radius 1 is 1.33 bits per heavy atom. The van der Waals surface area contributed by atoms with E-state index in [9.17, 15) is 4.79 Å². The second kappa shape index (κ2) is 9.88. The molecule has 4 nitrogen and oxygen atoms in total. The lowest BCUT2D eigenvalue weighted by Gasteiger charge is -2.12. The number of aryl methyl sites for hydroxylation is 1. The number of benzene rings is 1. The number of fused-ring (bicyclic) bond motifs is 1. The Balaban J connectivity index is 1.55. The minimum Gasteiger partial charge on any atom is -0.364 e. The van der Waals surface area contributed by atoms with Crippen molar-refractivity contribution in [3.05, 3.63) is 40.6 Å². The third-order valence-electron chi connectivity index (χ3n) is 3.54. The number of nitrogens with zero attached hydrogens (tertiary/aromatic N) is 2. The number of anilines is 1. The maximum Gasteiger partial charge on any atom is 0.234 e. The van der Waals surface area contributed by atoms with Gasteiger partial charge >= 0.3 is 0 Å². The topological polar surface area (TPSA) is 45.2 Å². The third kappa shape index (κ3) is 6.18. The minimum absolute atomic E-state index is 0.0570. The first-order valence-corrected chi connectivity index (χ1v) is 12.3. The van der Waals surface area contributed by atoms with E-state index in [2.05, 4.69) is 27.1 Å². The molecule has 0 saturated heterocycles. The number of thiocarbonyl (C=S) groups is 1. The molecule has 0 spiro atoms. The van der Waals surface area contributed by atoms with Crippen molar-refractivity contribution in [3.8, 4) is 0 Å². The lowest BCUT2D eigenvalue weighted by Crippen LogP contribution is -2.20. The molecule has 142 valence electrons. The van der Waals surface area contributed by atoms with Crippen molar-refractivity contribution in [1.29, 1.82) is 0 Å². The van der Waals surface area contributed by atoms with Crippen molar-refractivity contribution in [1.82, 2.24) is 9.88 Å². The average Bonchev–Trinajstić information content (AvgIpc) is 3.28. The molecule has 27 heavy (non-hydrogen) atoms. The van der Waals surface area contributed by atoms with Crippen molar-refractivity contribution >= 4 is 84.5 Å². The van der Waals surface area contributed by atoms with Crippen LogP contribution in [-0.4, -0.2) is 45.7 Å². The maximum absolute atomic E-state index is 12.1. The van der Waals surface area contributed by atoms with Crippen molar-refractivity contribution in [3.63, 3.8) is 0 Å². The number of carbonyl (C=O) groups is 1. The molecule has 1 N–H and O–H groups in total. The summed E-state index contributed by atoms with van der Waals surface area (Å²) in [6.07, 6.45) is 1.05. The van der Waals surface area contributed by atoms with Gasteiger partial charge in [0.05, 0.1) is 16.0 Å². The fourth-order valence-corrected chi connectivity index (χ4v) is 5.82. The van der Waals surface area contributed by atoms with Gasteiger partial charge in [0.15, 0.2) is 4.34 Å². The normalized spacial score (nSPS) is 10.9. The van der Waals surface area contributed by atoms with E-state index in [4.69, 9.17) is 12.2 Å². The molecule has 0 radical (unpaired) electrons. The van der Waals surface area contributed by atoms with Gasteiger partial charge in [-0.3, -0.25) is 4.79 Å². The van der Waals surface area contributed by atoms with Crippen LogP contribution in [0.2, 0.25) is 0 Å². The van der Waals surface area contributed by atoms with Crippen LogP contribution in [0.4, 0.5) is 5.69 Å². The number of carbonyl (C=O) groups excluding carboxylic acids is 1. The van der Waals surface area contributed by atoms with Gasteiger partial charge in [0.25, 0.3) is 0 Å². The van der Waals surface area contributed by atoms with Crippen molar-refractivity contribution in [2.45, 2.75) is 10.8 Å². The maximum atomic E-state index is 12.1. The first kappa shape index (κ1) is 20.6. The summed E-state index contributed by atoms with van der Waals surface area (Å²) in [5.41, 5.74) is 3.15. The van der Waals surface area contributed by atoms with Crippen LogP contribution in [0.25, 0.3) is 10.2 Å². The number of aromatic nitrogens is 1. The molecule has 0 aliphatic heterocycles. The Morgan fingerprint density at radius 2 is 2.19 bits per heavy atom. The van der Waals surface area contributed by atoms with Gasteiger partial charge < -0.3 is 10.2 Å². The van der Waals surface area contributed by atoms with Crippen LogP contribution in [0.1, 0.15) is 5.56 Å². The molecule has 2 heterocycles. The molecule has 0 fully saturated rings. The number of thiazole rings is 1. The van der Waals surface area contributed by atoms with E-state index in [1.165, 1.54) is 17.3 Å². The highest BCUT2D eigenvalue weighted by Gasteiger charge is 2.09. The van der Waals surface area contributed by atoms with Crippen molar-refractivity contribution in [2.75, 3.05) is 30.9 Å². The number of amides is 1. The Morgan fingerprint density at radius 3 is 2.93 bits per heavy atom. The highest BCUT2D eigenvalue weighted by Crippen LogP contribution is 2.31. The molecule has 9 heteroatoms. The van der Waals surface area contributed by atoms with E-state index in [1.54, 1.807) is 34.4 Å². The zero-order valence-corrected chi connectivity index (χ0v) is 19.0. The highest BCUT2D eigenvalue weighted by atomic mass is 32.2. The lowest BCUT2D eigenvalue weighted by molar-refractivity contribution is -0.113. The second-order valence-electron chi connectivity index (χ2n) is 5.89. The summed E-state index contributed by atoms with van der Waals surface area (Å²) in [5, 5.41) is 7.24. The first-order valence-electron chi connectivity index (χ1n) is 8.19. The molecular weight excluding hydrogens is 435 g/mol. The third-order valence-corrected chi connectivity index (χ3v) is 8.17. The van der Waals surface area contributed by atoms with Gasteiger partial charge in [-0.1, -0.05) is 35.7 Å². The predicted molar refractivity (Wildman–Crippen MR) is 126 cm³/mol. The molecule has 2 aromatic heterocycles. The number of hydrogen-bond acceptors (Lipinski definition) is 7. The molecule has 3 aromatic rings. The SMILES string of the molecule is CN(C)C(=S)SCC(=O)Nc1ccc2nc(SCCc3ccsc3)sc2c1. The lowest BCUT2D eigenvalue weighted by atomic mass is 10.3. The predicted octanol–water partition coefficient (Wildman–Crippen LogP) is 5.21. The summed E-state index contributed by atoms with van der Waals surface area (Å²) in [6, 6.07) is 8.02. The Hall–Kier alpha value is -1.13. The highest BCUT2D eigenvalue weighted by molar-refractivity contribution is 8.23. The number of hydrogen-bond donors (Lipinski definition) is 1. The van der Waals surface area contributed by atoms with Gasteiger partial charge in [0.2, 0.25) is 5.91 Å². The zero-order valence-electron chi connectivity index (χ0n) is 14.9. The average molecular weight is 454 g/mol. The molecule has 0 bridgehead atoms.